The highest BCUT2D eigenvalue weighted by Crippen LogP contribution is 2.31. The van der Waals surface area contributed by atoms with E-state index in [9.17, 15) is 14.4 Å². The van der Waals surface area contributed by atoms with Crippen LogP contribution in [-0.2, 0) is 9.53 Å². The van der Waals surface area contributed by atoms with Crippen molar-refractivity contribution in [2.24, 2.45) is 0 Å². The Bertz CT molecular complexity index is 944. The van der Waals surface area contributed by atoms with E-state index in [1.165, 1.54) is 30.0 Å². The SMILES string of the molecule is CC(=O)c1cccc(N(CC(=O)OC(C)(C)C)C(=O)c2c(Cl)cc(Cl)cc2Cl)c1. The van der Waals surface area contributed by atoms with Gasteiger partial charge in [0.05, 0.1) is 15.6 Å². The molecule has 0 atom stereocenters. The number of Topliss-reactive ketones (excluding diaryl/α,β-unsaturated/α-hetero) is 1. The highest BCUT2D eigenvalue weighted by molar-refractivity contribution is 6.42. The summed E-state index contributed by atoms with van der Waals surface area (Å²) < 4.78 is 5.35. The molecule has 0 radical (unpaired) electrons. The first-order valence-corrected chi connectivity index (χ1v) is 9.81. The Balaban J connectivity index is 2.52. The lowest BCUT2D eigenvalue weighted by molar-refractivity contribution is -0.152. The third-order valence-electron chi connectivity index (χ3n) is 3.74. The van der Waals surface area contributed by atoms with E-state index < -0.39 is 24.0 Å². The number of halogens is 3. The van der Waals surface area contributed by atoms with E-state index in [1.54, 1.807) is 39.0 Å². The predicted octanol–water partition coefficient (Wildman–Crippen LogP) is 5.84. The van der Waals surface area contributed by atoms with Crippen molar-refractivity contribution in [1.82, 2.24) is 0 Å². The van der Waals surface area contributed by atoms with Crippen LogP contribution in [0.25, 0.3) is 0 Å². The molecule has 0 aliphatic carbocycles. The number of ketones is 1. The summed E-state index contributed by atoms with van der Waals surface area (Å²) in [5.74, 6) is -1.43. The minimum absolute atomic E-state index is 0.00507. The molecule has 0 unspecified atom stereocenters. The molecule has 0 aliphatic heterocycles. The van der Waals surface area contributed by atoms with Crippen molar-refractivity contribution in [3.05, 3.63) is 62.6 Å². The van der Waals surface area contributed by atoms with E-state index in [0.717, 1.165) is 0 Å². The van der Waals surface area contributed by atoms with E-state index in [1.807, 2.05) is 0 Å². The van der Waals surface area contributed by atoms with Gasteiger partial charge in [-0.3, -0.25) is 19.3 Å². The molecule has 2 rings (SSSR count). The van der Waals surface area contributed by atoms with Crippen molar-refractivity contribution in [3.63, 3.8) is 0 Å². The van der Waals surface area contributed by atoms with Gasteiger partial charge >= 0.3 is 5.97 Å². The van der Waals surface area contributed by atoms with Crippen LogP contribution >= 0.6 is 34.8 Å². The third-order valence-corrected chi connectivity index (χ3v) is 4.55. The lowest BCUT2D eigenvalue weighted by atomic mass is 10.1. The summed E-state index contributed by atoms with van der Waals surface area (Å²) in [5, 5.41) is 0.364. The fraction of sp³-hybridized carbons (Fsp3) is 0.286. The maximum absolute atomic E-state index is 13.3. The van der Waals surface area contributed by atoms with Crippen LogP contribution in [0, 0.1) is 0 Å². The zero-order valence-electron chi connectivity index (χ0n) is 16.4. The summed E-state index contributed by atoms with van der Waals surface area (Å²) in [7, 11) is 0. The largest absolute Gasteiger partial charge is 0.459 e. The molecule has 2 aromatic carbocycles. The summed E-state index contributed by atoms with van der Waals surface area (Å²) >= 11 is 18.3. The first kappa shape index (κ1) is 23.2. The lowest BCUT2D eigenvalue weighted by Crippen LogP contribution is -2.39. The number of ether oxygens (including phenoxy) is 1. The standard InChI is InChI=1S/C21H20Cl3NO4/c1-12(26)13-6-5-7-15(8-13)25(11-18(27)29-21(2,3)4)20(28)19-16(23)9-14(22)10-17(19)24/h5-10H,11H2,1-4H3. The second-order valence-corrected chi connectivity index (χ2v) is 8.58. The summed E-state index contributed by atoms with van der Waals surface area (Å²) in [4.78, 5) is 38.7. The second kappa shape index (κ2) is 9.16. The van der Waals surface area contributed by atoms with Crippen LogP contribution in [0.15, 0.2) is 36.4 Å². The van der Waals surface area contributed by atoms with Gasteiger partial charge in [-0.1, -0.05) is 46.9 Å². The quantitative estimate of drug-likeness (QED) is 0.419. The van der Waals surface area contributed by atoms with Gasteiger partial charge in [0.1, 0.15) is 12.1 Å². The Morgan fingerprint density at radius 3 is 2.10 bits per heavy atom. The van der Waals surface area contributed by atoms with Gasteiger partial charge < -0.3 is 4.74 Å². The van der Waals surface area contributed by atoms with Crippen molar-refractivity contribution in [1.29, 1.82) is 0 Å². The molecule has 0 N–H and O–H groups in total. The monoisotopic (exact) mass is 455 g/mol. The molecule has 0 heterocycles. The van der Waals surface area contributed by atoms with Gasteiger partial charge in [0, 0.05) is 16.3 Å². The average Bonchev–Trinajstić information content (AvgIpc) is 2.57. The smallest absolute Gasteiger partial charge is 0.326 e. The van der Waals surface area contributed by atoms with Gasteiger partial charge in [-0.05, 0) is 52.0 Å². The van der Waals surface area contributed by atoms with Crippen LogP contribution in [0.1, 0.15) is 48.4 Å². The van der Waals surface area contributed by atoms with Gasteiger partial charge in [0.25, 0.3) is 5.91 Å². The van der Waals surface area contributed by atoms with E-state index in [-0.39, 0.29) is 26.4 Å². The van der Waals surface area contributed by atoms with Crippen LogP contribution < -0.4 is 4.90 Å². The van der Waals surface area contributed by atoms with Crippen LogP contribution in [0.5, 0.6) is 0 Å². The maximum atomic E-state index is 13.3. The van der Waals surface area contributed by atoms with Crippen LogP contribution in [-0.4, -0.2) is 29.8 Å². The number of benzene rings is 2. The molecule has 0 aromatic heterocycles. The number of hydrogen-bond donors (Lipinski definition) is 0. The zero-order valence-corrected chi connectivity index (χ0v) is 18.7. The third kappa shape index (κ3) is 6.20. The predicted molar refractivity (Wildman–Crippen MR) is 115 cm³/mol. The summed E-state index contributed by atoms with van der Waals surface area (Å²) in [6.07, 6.45) is 0. The normalized spacial score (nSPS) is 11.1. The Morgan fingerprint density at radius 2 is 1.59 bits per heavy atom. The number of rotatable bonds is 5. The molecule has 8 heteroatoms. The fourth-order valence-corrected chi connectivity index (χ4v) is 3.54. The molecule has 0 bridgehead atoms. The number of esters is 1. The Kier molecular flexibility index (Phi) is 7.33. The molecule has 0 fully saturated rings. The van der Waals surface area contributed by atoms with Crippen molar-refractivity contribution < 1.29 is 19.1 Å². The highest BCUT2D eigenvalue weighted by atomic mass is 35.5. The van der Waals surface area contributed by atoms with Gasteiger partial charge in [-0.25, -0.2) is 0 Å². The minimum Gasteiger partial charge on any atom is -0.459 e. The van der Waals surface area contributed by atoms with E-state index >= 15 is 0 Å². The van der Waals surface area contributed by atoms with Crippen molar-refractivity contribution in [3.8, 4) is 0 Å². The van der Waals surface area contributed by atoms with Gasteiger partial charge in [-0.15, -0.1) is 0 Å². The molecular weight excluding hydrogens is 437 g/mol. The van der Waals surface area contributed by atoms with Crippen LogP contribution in [0.2, 0.25) is 15.1 Å². The zero-order chi connectivity index (χ0) is 21.9. The number of carbonyl (C=O) groups is 3. The number of nitrogens with zero attached hydrogens (tertiary/aromatic N) is 1. The molecule has 29 heavy (non-hydrogen) atoms. The first-order valence-electron chi connectivity index (χ1n) is 8.68. The van der Waals surface area contributed by atoms with Gasteiger partial charge in [-0.2, -0.15) is 0 Å². The van der Waals surface area contributed by atoms with Crippen molar-refractivity contribution >= 4 is 58.1 Å². The molecule has 0 saturated carbocycles. The molecule has 0 spiro atoms. The molecule has 0 aliphatic rings. The van der Waals surface area contributed by atoms with Crippen molar-refractivity contribution in [2.75, 3.05) is 11.4 Å². The second-order valence-electron chi connectivity index (χ2n) is 7.33. The Morgan fingerprint density at radius 1 is 1.00 bits per heavy atom. The number of anilines is 1. The lowest BCUT2D eigenvalue weighted by Gasteiger charge is -2.26. The Labute approximate surface area is 184 Å². The van der Waals surface area contributed by atoms with E-state index in [4.69, 9.17) is 39.5 Å². The van der Waals surface area contributed by atoms with Crippen molar-refractivity contribution in [2.45, 2.75) is 33.3 Å². The average molecular weight is 457 g/mol. The topological polar surface area (TPSA) is 63.7 Å². The molecule has 1 amide bonds. The number of amides is 1. The highest BCUT2D eigenvalue weighted by Gasteiger charge is 2.28. The van der Waals surface area contributed by atoms with E-state index in [2.05, 4.69) is 0 Å². The first-order chi connectivity index (χ1) is 13.4. The Hall–Kier alpha value is -2.08. The van der Waals surface area contributed by atoms with Crippen LogP contribution in [0.3, 0.4) is 0 Å². The molecule has 0 saturated heterocycles. The molecule has 154 valence electrons. The van der Waals surface area contributed by atoms with Crippen LogP contribution in [0.4, 0.5) is 5.69 Å². The van der Waals surface area contributed by atoms with Gasteiger partial charge in [0.15, 0.2) is 5.78 Å². The molecular formula is C21H20Cl3NO4. The maximum Gasteiger partial charge on any atom is 0.326 e. The summed E-state index contributed by atoms with van der Waals surface area (Å²) in [6, 6.07) is 9.13. The summed E-state index contributed by atoms with van der Waals surface area (Å²) in [5.41, 5.74) is -0.0225. The summed E-state index contributed by atoms with van der Waals surface area (Å²) in [6.45, 7) is 6.18. The fourth-order valence-electron chi connectivity index (χ4n) is 2.56. The number of hydrogen-bond acceptors (Lipinski definition) is 4. The van der Waals surface area contributed by atoms with Gasteiger partial charge in [0.2, 0.25) is 0 Å². The number of carbonyl (C=O) groups excluding carboxylic acids is 3. The molecule has 2 aromatic rings. The minimum atomic E-state index is -0.734. The molecule has 5 nitrogen and oxygen atoms in total. The van der Waals surface area contributed by atoms with E-state index in [0.29, 0.717) is 11.3 Å².